The van der Waals surface area contributed by atoms with Gasteiger partial charge in [-0.25, -0.2) is 0 Å². The molecule has 3 rings (SSSR count). The van der Waals surface area contributed by atoms with Gasteiger partial charge in [0.15, 0.2) is 0 Å². The molecule has 0 radical (unpaired) electrons. The van der Waals surface area contributed by atoms with Crippen LogP contribution in [0.3, 0.4) is 0 Å². The highest BCUT2D eigenvalue weighted by Crippen LogP contribution is 2.42. The highest BCUT2D eigenvalue weighted by molar-refractivity contribution is 5.96. The van der Waals surface area contributed by atoms with Crippen LogP contribution < -0.4 is 9.47 Å². The minimum Gasteiger partial charge on any atom is -0.490 e. The smallest absolute Gasteiger partial charge is 0.131 e. The normalized spacial score (nSPS) is 13.2. The molecular formula is C18H20O4. The fraction of sp³-hybridized carbons (Fsp3) is 0.333. The Morgan fingerprint density at radius 3 is 1.64 bits per heavy atom. The maximum absolute atomic E-state index is 9.08. The Hall–Kier alpha value is -2.04. The summed E-state index contributed by atoms with van der Waals surface area (Å²) in [5.41, 5.74) is 2.23. The van der Waals surface area contributed by atoms with E-state index < -0.39 is 0 Å². The lowest BCUT2D eigenvalue weighted by atomic mass is 9.90. The number of fused-ring (bicyclic) bond motifs is 2. The van der Waals surface area contributed by atoms with Crippen molar-refractivity contribution in [1.82, 2.24) is 0 Å². The van der Waals surface area contributed by atoms with Crippen molar-refractivity contribution in [1.29, 1.82) is 0 Å². The molecule has 0 bridgehead atoms. The molecule has 0 saturated heterocycles. The predicted octanol–water partition coefficient (Wildman–Crippen LogP) is 2.24. The zero-order chi connectivity index (χ0) is 15.4. The molecule has 1 aliphatic rings. The van der Waals surface area contributed by atoms with Crippen LogP contribution in [0.4, 0.5) is 0 Å². The van der Waals surface area contributed by atoms with E-state index in [1.807, 2.05) is 24.3 Å². The van der Waals surface area contributed by atoms with Crippen molar-refractivity contribution in [3.05, 3.63) is 47.5 Å². The molecule has 0 unspecified atom stereocenters. The number of allylic oxidation sites excluding steroid dienone is 2. The van der Waals surface area contributed by atoms with Crippen molar-refractivity contribution in [3.63, 3.8) is 0 Å². The van der Waals surface area contributed by atoms with Gasteiger partial charge in [-0.05, 0) is 12.8 Å². The van der Waals surface area contributed by atoms with Crippen molar-refractivity contribution in [2.45, 2.75) is 12.8 Å². The molecule has 22 heavy (non-hydrogen) atoms. The first-order valence-electron chi connectivity index (χ1n) is 7.55. The molecule has 2 aromatic rings. The molecule has 0 heterocycles. The van der Waals surface area contributed by atoms with E-state index in [0.29, 0.717) is 0 Å². The molecule has 2 N–H and O–H groups in total. The van der Waals surface area contributed by atoms with E-state index >= 15 is 0 Å². The van der Waals surface area contributed by atoms with Gasteiger partial charge in [-0.3, -0.25) is 0 Å². The molecule has 0 amide bonds. The van der Waals surface area contributed by atoms with Gasteiger partial charge in [0, 0.05) is 21.9 Å². The summed E-state index contributed by atoms with van der Waals surface area (Å²) in [7, 11) is 0. The highest BCUT2D eigenvalue weighted by Gasteiger charge is 2.21. The van der Waals surface area contributed by atoms with Crippen molar-refractivity contribution < 1.29 is 19.7 Å². The first-order valence-corrected chi connectivity index (χ1v) is 7.55. The third-order valence-corrected chi connectivity index (χ3v) is 3.81. The van der Waals surface area contributed by atoms with Gasteiger partial charge >= 0.3 is 0 Å². The third-order valence-electron chi connectivity index (χ3n) is 3.81. The van der Waals surface area contributed by atoms with Gasteiger partial charge in [0.1, 0.15) is 24.7 Å². The number of rotatable bonds is 6. The quantitative estimate of drug-likeness (QED) is 0.803. The van der Waals surface area contributed by atoms with E-state index in [-0.39, 0.29) is 26.4 Å². The van der Waals surface area contributed by atoms with Crippen LogP contribution in [-0.4, -0.2) is 36.6 Å². The predicted molar refractivity (Wildman–Crippen MR) is 85.7 cm³/mol. The first-order chi connectivity index (χ1) is 10.9. The number of aliphatic hydroxyl groups is 2. The summed E-state index contributed by atoms with van der Waals surface area (Å²) in [5.74, 6) is 1.67. The van der Waals surface area contributed by atoms with E-state index in [1.165, 1.54) is 0 Å². The lowest BCUT2D eigenvalue weighted by molar-refractivity contribution is 0.198. The van der Waals surface area contributed by atoms with Crippen molar-refractivity contribution >= 4 is 10.8 Å². The van der Waals surface area contributed by atoms with E-state index in [9.17, 15) is 0 Å². The fourth-order valence-corrected chi connectivity index (χ4v) is 2.94. The van der Waals surface area contributed by atoms with E-state index in [2.05, 4.69) is 12.2 Å². The number of aliphatic hydroxyl groups excluding tert-OH is 2. The zero-order valence-electron chi connectivity index (χ0n) is 12.4. The van der Waals surface area contributed by atoms with Crippen LogP contribution in [0.2, 0.25) is 0 Å². The summed E-state index contributed by atoms with van der Waals surface area (Å²) in [6.45, 7) is 0.525. The lowest BCUT2D eigenvalue weighted by Crippen LogP contribution is -2.11. The minimum atomic E-state index is -0.0122. The van der Waals surface area contributed by atoms with E-state index in [1.54, 1.807) is 0 Å². The molecule has 0 atom stereocenters. The van der Waals surface area contributed by atoms with Crippen molar-refractivity contribution in [3.8, 4) is 11.5 Å². The van der Waals surface area contributed by atoms with E-state index in [4.69, 9.17) is 19.7 Å². The van der Waals surface area contributed by atoms with Gasteiger partial charge < -0.3 is 19.7 Å². The monoisotopic (exact) mass is 300 g/mol. The largest absolute Gasteiger partial charge is 0.490 e. The summed E-state index contributed by atoms with van der Waals surface area (Å²) in [6, 6.07) is 7.95. The summed E-state index contributed by atoms with van der Waals surface area (Å²) >= 11 is 0. The van der Waals surface area contributed by atoms with Gasteiger partial charge in [-0.1, -0.05) is 36.4 Å². The fourth-order valence-electron chi connectivity index (χ4n) is 2.94. The number of hydrogen-bond acceptors (Lipinski definition) is 4. The zero-order valence-corrected chi connectivity index (χ0v) is 12.4. The average molecular weight is 300 g/mol. The van der Waals surface area contributed by atoms with Gasteiger partial charge in [0.05, 0.1) is 13.2 Å². The second-order valence-corrected chi connectivity index (χ2v) is 5.18. The molecule has 4 heteroatoms. The summed E-state index contributed by atoms with van der Waals surface area (Å²) in [4.78, 5) is 0. The Balaban J connectivity index is 2.21. The van der Waals surface area contributed by atoms with Crippen LogP contribution in [0.5, 0.6) is 11.5 Å². The SMILES string of the molecule is OCCOc1c2c(c(OCCO)c3ccccc13)CC=CC2. The topological polar surface area (TPSA) is 58.9 Å². The maximum atomic E-state index is 9.08. The average Bonchev–Trinajstić information content (AvgIpc) is 2.58. The first kappa shape index (κ1) is 14.9. The molecular weight excluding hydrogens is 280 g/mol. The maximum Gasteiger partial charge on any atom is 0.131 e. The van der Waals surface area contributed by atoms with Crippen LogP contribution in [0.1, 0.15) is 11.1 Å². The van der Waals surface area contributed by atoms with Crippen LogP contribution >= 0.6 is 0 Å². The molecule has 0 spiro atoms. The summed E-state index contributed by atoms with van der Waals surface area (Å²) in [5, 5.41) is 20.1. The Kier molecular flexibility index (Phi) is 4.61. The summed E-state index contributed by atoms with van der Waals surface area (Å²) < 4.78 is 11.7. The van der Waals surface area contributed by atoms with E-state index in [0.717, 1.165) is 46.2 Å². The highest BCUT2D eigenvalue weighted by atomic mass is 16.5. The van der Waals surface area contributed by atoms with Crippen LogP contribution in [-0.2, 0) is 12.8 Å². The molecule has 0 saturated carbocycles. The molecule has 0 fully saturated rings. The Labute approximate surface area is 129 Å². The second kappa shape index (κ2) is 6.81. The molecule has 4 nitrogen and oxygen atoms in total. The number of hydrogen-bond donors (Lipinski definition) is 2. The Bertz CT molecular complexity index is 633. The number of benzene rings is 2. The Morgan fingerprint density at radius 1 is 0.773 bits per heavy atom. The van der Waals surface area contributed by atoms with Gasteiger partial charge in [-0.15, -0.1) is 0 Å². The molecule has 2 aromatic carbocycles. The van der Waals surface area contributed by atoms with Crippen LogP contribution in [0, 0.1) is 0 Å². The molecule has 116 valence electrons. The van der Waals surface area contributed by atoms with Crippen molar-refractivity contribution in [2.75, 3.05) is 26.4 Å². The molecule has 0 aromatic heterocycles. The number of ether oxygens (including phenoxy) is 2. The third kappa shape index (κ3) is 2.67. The lowest BCUT2D eigenvalue weighted by Gasteiger charge is -2.23. The second-order valence-electron chi connectivity index (χ2n) is 5.18. The Morgan fingerprint density at radius 2 is 1.23 bits per heavy atom. The van der Waals surface area contributed by atoms with Crippen LogP contribution in [0.15, 0.2) is 36.4 Å². The van der Waals surface area contributed by atoms with Gasteiger partial charge in [0.25, 0.3) is 0 Å². The van der Waals surface area contributed by atoms with Crippen LogP contribution in [0.25, 0.3) is 10.8 Å². The summed E-state index contributed by atoms with van der Waals surface area (Å²) in [6.07, 6.45) is 5.82. The van der Waals surface area contributed by atoms with Gasteiger partial charge in [-0.2, -0.15) is 0 Å². The van der Waals surface area contributed by atoms with Gasteiger partial charge in [0.2, 0.25) is 0 Å². The van der Waals surface area contributed by atoms with Crippen molar-refractivity contribution in [2.24, 2.45) is 0 Å². The molecule has 0 aliphatic heterocycles. The molecule has 1 aliphatic carbocycles. The minimum absolute atomic E-state index is 0.0122. The standard InChI is InChI=1S/C18H20O4/c19-9-11-21-17-13-5-1-2-6-14(13)18(22-12-10-20)16-8-4-3-7-15(16)17/h1-6,19-20H,7-12H2.